The Bertz CT molecular complexity index is 1730. The third-order valence-corrected chi connectivity index (χ3v) is 8.35. The summed E-state index contributed by atoms with van der Waals surface area (Å²) >= 11 is 8.83. The quantitative estimate of drug-likeness (QED) is 0.100. The minimum atomic E-state index is -0.892. The van der Waals surface area contributed by atoms with Crippen molar-refractivity contribution < 1.29 is 19.0 Å². The van der Waals surface area contributed by atoms with Crippen LogP contribution in [0.5, 0.6) is 5.75 Å². The number of hydrogen-bond acceptors (Lipinski definition) is 12. The number of thioether (sulfide) groups is 1. The molecule has 0 saturated heterocycles. The lowest BCUT2D eigenvalue weighted by atomic mass is 9.97. The predicted octanol–water partition coefficient (Wildman–Crippen LogP) is 6.21. The Morgan fingerprint density at radius 2 is 1.69 bits per heavy atom. The Labute approximate surface area is 274 Å². The molecule has 4 N–H and O–H groups in total. The maximum absolute atomic E-state index is 12.1. The van der Waals surface area contributed by atoms with Crippen molar-refractivity contribution in [2.45, 2.75) is 43.2 Å². The van der Waals surface area contributed by atoms with Crippen molar-refractivity contribution >= 4 is 46.5 Å². The van der Waals surface area contributed by atoms with Gasteiger partial charge in [0.05, 0.1) is 23.5 Å². The van der Waals surface area contributed by atoms with E-state index < -0.39 is 17.6 Å². The third kappa shape index (κ3) is 9.17. The molecule has 0 spiro atoms. The van der Waals surface area contributed by atoms with E-state index in [1.807, 2.05) is 50.4 Å². The second kappa shape index (κ2) is 15.2. The summed E-state index contributed by atoms with van der Waals surface area (Å²) in [7, 11) is 0. The number of esters is 1. The van der Waals surface area contributed by atoms with E-state index in [2.05, 4.69) is 17.1 Å². The fourth-order valence-corrected chi connectivity index (χ4v) is 5.91. The molecule has 232 valence electrons. The molecule has 0 aliphatic carbocycles. The Hall–Kier alpha value is -4.17. The van der Waals surface area contributed by atoms with E-state index in [-0.39, 0.29) is 36.8 Å². The number of nitriles is 2. The molecule has 2 aromatic carbocycles. The van der Waals surface area contributed by atoms with E-state index in [9.17, 15) is 15.3 Å². The smallest absolute Gasteiger partial charge is 0.325 e. The van der Waals surface area contributed by atoms with E-state index in [0.29, 0.717) is 32.7 Å². The summed E-state index contributed by atoms with van der Waals surface area (Å²) < 4.78 is 16.4. The molecule has 0 saturated carbocycles. The molecule has 0 bridgehead atoms. The van der Waals surface area contributed by atoms with Gasteiger partial charge in [-0.1, -0.05) is 47.6 Å². The van der Waals surface area contributed by atoms with Gasteiger partial charge in [-0.3, -0.25) is 4.79 Å². The van der Waals surface area contributed by atoms with Gasteiger partial charge in [0.2, 0.25) is 0 Å². The van der Waals surface area contributed by atoms with Gasteiger partial charge < -0.3 is 25.7 Å². The Balaban J connectivity index is 1.42. The largest absolute Gasteiger partial charge is 0.490 e. The molecular formula is C32H31ClN6O4S2. The summed E-state index contributed by atoms with van der Waals surface area (Å²) in [6.07, 6.45) is 0. The number of benzene rings is 2. The number of nitrogens with zero attached hydrogens (tertiary/aromatic N) is 4. The molecule has 0 aliphatic heterocycles. The molecule has 2 heterocycles. The average Bonchev–Trinajstić information content (AvgIpc) is 3.49. The Morgan fingerprint density at radius 3 is 2.33 bits per heavy atom. The van der Waals surface area contributed by atoms with Gasteiger partial charge in [0.25, 0.3) is 0 Å². The first-order valence-corrected chi connectivity index (χ1v) is 16.0. The molecule has 0 amide bonds. The summed E-state index contributed by atoms with van der Waals surface area (Å²) in [5, 5.41) is 23.9. The van der Waals surface area contributed by atoms with Crippen LogP contribution in [0.25, 0.3) is 21.7 Å². The van der Waals surface area contributed by atoms with Crippen molar-refractivity contribution in [3.05, 3.63) is 75.8 Å². The van der Waals surface area contributed by atoms with Crippen LogP contribution in [-0.4, -0.2) is 47.4 Å². The first-order chi connectivity index (χ1) is 21.5. The SMILES string of the molecule is CC(C)(C)OC[C@H](N)C(=O)OCCOc1ccc(-c2c(C#N)c(N)nc(SCc3csc(-c4ccc(Cl)cc4)n3)c2C#N)cc1. The van der Waals surface area contributed by atoms with Crippen LogP contribution in [0.3, 0.4) is 0 Å². The van der Waals surface area contributed by atoms with Crippen LogP contribution in [0.1, 0.15) is 37.6 Å². The highest BCUT2D eigenvalue weighted by atomic mass is 35.5. The average molecular weight is 663 g/mol. The monoisotopic (exact) mass is 662 g/mol. The number of anilines is 1. The maximum atomic E-state index is 12.1. The van der Waals surface area contributed by atoms with Gasteiger partial charge in [-0.25, -0.2) is 9.97 Å². The standard InChI is InChI=1S/C32H31ClN6O4S2/c1-32(2,3)43-16-26(36)31(40)42-13-12-41-23-10-6-19(7-11-23)27-24(14-34)28(37)39-30(25(27)15-35)45-18-22-17-44-29(38-22)20-4-8-21(33)9-5-20/h4-11,17,26H,12-13,16,18,36H2,1-3H3,(H2,37,39)/t26-/m0/s1. The summed E-state index contributed by atoms with van der Waals surface area (Å²) in [5.41, 5.74) is 14.7. The fraction of sp³-hybridized carbons (Fsp3) is 0.281. The number of halogens is 1. The molecule has 0 aliphatic rings. The van der Waals surface area contributed by atoms with Crippen molar-refractivity contribution in [2.24, 2.45) is 5.73 Å². The van der Waals surface area contributed by atoms with E-state index in [1.54, 1.807) is 24.3 Å². The van der Waals surface area contributed by atoms with E-state index in [0.717, 1.165) is 16.3 Å². The Morgan fingerprint density at radius 1 is 1.02 bits per heavy atom. The number of nitrogen functional groups attached to an aromatic ring is 1. The zero-order valence-electron chi connectivity index (χ0n) is 24.9. The van der Waals surface area contributed by atoms with Gasteiger partial charge in [0.15, 0.2) is 0 Å². The lowest BCUT2D eigenvalue weighted by molar-refractivity contribution is -0.148. The molecule has 10 nitrogen and oxygen atoms in total. The molecule has 0 unspecified atom stereocenters. The van der Waals surface area contributed by atoms with Crippen LogP contribution in [-0.2, 0) is 20.0 Å². The first-order valence-electron chi connectivity index (χ1n) is 13.7. The van der Waals surface area contributed by atoms with Crippen LogP contribution in [0.15, 0.2) is 58.9 Å². The van der Waals surface area contributed by atoms with Crippen LogP contribution < -0.4 is 16.2 Å². The van der Waals surface area contributed by atoms with Crippen molar-refractivity contribution in [1.29, 1.82) is 10.5 Å². The number of aromatic nitrogens is 2. The number of hydrogen-bond donors (Lipinski definition) is 2. The predicted molar refractivity (Wildman–Crippen MR) is 176 cm³/mol. The molecule has 0 radical (unpaired) electrons. The number of nitrogens with two attached hydrogens (primary N) is 2. The maximum Gasteiger partial charge on any atom is 0.325 e. The van der Waals surface area contributed by atoms with Gasteiger partial charge >= 0.3 is 5.97 Å². The number of carbonyl (C=O) groups excluding carboxylic acids is 1. The highest BCUT2D eigenvalue weighted by Crippen LogP contribution is 2.37. The third-order valence-electron chi connectivity index (χ3n) is 6.15. The number of carbonyl (C=O) groups is 1. The normalized spacial score (nSPS) is 11.8. The van der Waals surface area contributed by atoms with E-state index >= 15 is 0 Å². The minimum Gasteiger partial charge on any atom is -0.490 e. The molecule has 13 heteroatoms. The lowest BCUT2D eigenvalue weighted by Crippen LogP contribution is -2.39. The van der Waals surface area contributed by atoms with Gasteiger partial charge in [0, 0.05) is 27.3 Å². The second-order valence-electron chi connectivity index (χ2n) is 10.7. The molecular weight excluding hydrogens is 632 g/mol. The first kappa shape index (κ1) is 33.7. The molecule has 1 atom stereocenters. The van der Waals surface area contributed by atoms with Crippen LogP contribution in [0.4, 0.5) is 5.82 Å². The highest BCUT2D eigenvalue weighted by molar-refractivity contribution is 7.98. The Kier molecular flexibility index (Phi) is 11.4. The molecule has 4 rings (SSSR count). The topological polar surface area (TPSA) is 170 Å². The zero-order chi connectivity index (χ0) is 32.6. The zero-order valence-corrected chi connectivity index (χ0v) is 27.3. The van der Waals surface area contributed by atoms with Gasteiger partial charge in [-0.05, 0) is 50.6 Å². The van der Waals surface area contributed by atoms with Crippen molar-refractivity contribution in [3.8, 4) is 39.6 Å². The van der Waals surface area contributed by atoms with Gasteiger partial charge in [0.1, 0.15) is 58.6 Å². The molecule has 2 aromatic heterocycles. The number of pyridine rings is 1. The number of thiazole rings is 1. The van der Waals surface area contributed by atoms with Crippen LogP contribution in [0, 0.1) is 22.7 Å². The summed E-state index contributed by atoms with van der Waals surface area (Å²) in [5.74, 6) is 0.404. The van der Waals surface area contributed by atoms with Crippen LogP contribution in [0.2, 0.25) is 5.02 Å². The minimum absolute atomic E-state index is 0.00259. The van der Waals surface area contributed by atoms with Gasteiger partial charge in [-0.2, -0.15) is 10.5 Å². The highest BCUT2D eigenvalue weighted by Gasteiger charge is 2.22. The molecule has 4 aromatic rings. The lowest BCUT2D eigenvalue weighted by Gasteiger charge is -2.21. The summed E-state index contributed by atoms with van der Waals surface area (Å²) in [6.45, 7) is 5.77. The fourth-order valence-electron chi connectivity index (χ4n) is 3.97. The molecule has 45 heavy (non-hydrogen) atoms. The number of ether oxygens (including phenoxy) is 3. The summed E-state index contributed by atoms with van der Waals surface area (Å²) in [4.78, 5) is 21.2. The van der Waals surface area contributed by atoms with Crippen molar-refractivity contribution in [1.82, 2.24) is 9.97 Å². The van der Waals surface area contributed by atoms with E-state index in [4.69, 9.17) is 42.3 Å². The second-order valence-corrected chi connectivity index (χ2v) is 12.9. The summed E-state index contributed by atoms with van der Waals surface area (Å²) in [6, 6.07) is 17.7. The molecule has 0 fully saturated rings. The van der Waals surface area contributed by atoms with E-state index in [1.165, 1.54) is 23.1 Å². The number of rotatable bonds is 12. The van der Waals surface area contributed by atoms with Crippen LogP contribution >= 0.6 is 34.7 Å². The van der Waals surface area contributed by atoms with Gasteiger partial charge in [-0.15, -0.1) is 11.3 Å². The van der Waals surface area contributed by atoms with Crippen molar-refractivity contribution in [2.75, 3.05) is 25.6 Å². The van der Waals surface area contributed by atoms with Crippen molar-refractivity contribution in [3.63, 3.8) is 0 Å².